The van der Waals surface area contributed by atoms with Crippen molar-refractivity contribution in [2.45, 2.75) is 89.4 Å². The van der Waals surface area contributed by atoms with Crippen molar-refractivity contribution in [3.05, 3.63) is 11.6 Å². The van der Waals surface area contributed by atoms with Crippen molar-refractivity contribution in [3.8, 4) is 0 Å². The number of rotatable bonds is 12. The summed E-state index contributed by atoms with van der Waals surface area (Å²) in [7, 11) is 0. The number of fused-ring (bicyclic) bond motifs is 1. The van der Waals surface area contributed by atoms with Crippen molar-refractivity contribution >= 4 is 23.4 Å². The fourth-order valence-electron chi connectivity index (χ4n) is 3.67. The molecule has 0 radical (unpaired) electrons. The van der Waals surface area contributed by atoms with Crippen molar-refractivity contribution < 1.29 is 24.9 Å². The third kappa shape index (κ3) is 6.72. The quantitative estimate of drug-likeness (QED) is 0.238. The molecule has 0 aromatic rings. The van der Waals surface area contributed by atoms with Crippen molar-refractivity contribution in [2.75, 3.05) is 13.2 Å². The van der Waals surface area contributed by atoms with Gasteiger partial charge in [0.05, 0.1) is 0 Å². The third-order valence-corrected chi connectivity index (χ3v) is 5.68. The van der Waals surface area contributed by atoms with Gasteiger partial charge in [-0.25, -0.2) is 4.79 Å². The highest BCUT2D eigenvalue weighted by atomic mass is 32.1. The second-order valence-corrected chi connectivity index (χ2v) is 8.15. The molecule has 0 saturated carbocycles. The molecule has 1 saturated heterocycles. The average Bonchev–Trinajstić information content (AvgIpc) is 3.09. The Morgan fingerprint density at radius 3 is 2.31 bits per heavy atom. The summed E-state index contributed by atoms with van der Waals surface area (Å²) in [6.45, 7) is 2.85. The highest BCUT2D eigenvalue weighted by Gasteiger charge is 2.49. The van der Waals surface area contributed by atoms with Crippen molar-refractivity contribution in [1.82, 2.24) is 15.5 Å². The number of amides is 1. The van der Waals surface area contributed by atoms with Gasteiger partial charge in [-0.15, -0.1) is 0 Å². The zero-order chi connectivity index (χ0) is 21.2. The largest absolute Gasteiger partial charge is 0.506 e. The molecule has 2 rings (SSSR count). The minimum atomic E-state index is -1.50. The van der Waals surface area contributed by atoms with Gasteiger partial charge in [0.25, 0.3) is 0 Å². The Bertz CT molecular complexity index is 586. The molecule has 2 aliphatic rings. The molecule has 2 aliphatic heterocycles. The van der Waals surface area contributed by atoms with E-state index >= 15 is 0 Å². The van der Waals surface area contributed by atoms with Crippen LogP contribution in [0.4, 0.5) is 4.79 Å². The lowest BCUT2D eigenvalue weighted by atomic mass is 9.99. The Morgan fingerprint density at radius 1 is 1.10 bits per heavy atom. The number of nitrogens with zero attached hydrogens (tertiary/aromatic N) is 1. The van der Waals surface area contributed by atoms with Crippen LogP contribution in [0.2, 0.25) is 0 Å². The van der Waals surface area contributed by atoms with Gasteiger partial charge in [0.15, 0.2) is 16.7 Å². The first-order valence-electron chi connectivity index (χ1n) is 10.8. The molecule has 8 nitrogen and oxygen atoms in total. The van der Waals surface area contributed by atoms with Crippen LogP contribution in [0.15, 0.2) is 11.6 Å². The lowest BCUT2D eigenvalue weighted by Crippen LogP contribution is -2.56. The molecule has 3 atom stereocenters. The van der Waals surface area contributed by atoms with Gasteiger partial charge in [-0.05, 0) is 18.6 Å². The smallest absolute Gasteiger partial charge is 0.416 e. The van der Waals surface area contributed by atoms with Crippen LogP contribution in [0.1, 0.15) is 71.1 Å². The maximum absolute atomic E-state index is 11.9. The summed E-state index contributed by atoms with van der Waals surface area (Å²) >= 11 is 5.23. The van der Waals surface area contributed by atoms with Gasteiger partial charge >= 0.3 is 6.09 Å². The number of aliphatic hydroxyl groups is 3. The molecule has 2 heterocycles. The van der Waals surface area contributed by atoms with E-state index in [1.165, 1.54) is 51.4 Å². The Hall–Kier alpha value is -1.58. The highest BCUT2D eigenvalue weighted by Crippen LogP contribution is 2.30. The first-order valence-corrected chi connectivity index (χ1v) is 11.2. The number of carbonyl (C=O) groups excluding carboxylic acids is 1. The van der Waals surface area contributed by atoms with E-state index in [1.807, 2.05) is 0 Å². The Kier molecular flexibility index (Phi) is 9.96. The van der Waals surface area contributed by atoms with Crippen LogP contribution in [0.3, 0.4) is 0 Å². The monoisotopic (exact) mass is 429 g/mol. The lowest BCUT2D eigenvalue weighted by molar-refractivity contribution is -0.0349. The van der Waals surface area contributed by atoms with E-state index in [0.29, 0.717) is 6.54 Å². The number of carbonyl (C=O) groups is 1. The molecule has 0 spiro atoms. The summed E-state index contributed by atoms with van der Waals surface area (Å²) in [6, 6.07) is -0.763. The van der Waals surface area contributed by atoms with Gasteiger partial charge in [0.2, 0.25) is 0 Å². The first-order chi connectivity index (χ1) is 14.0. The van der Waals surface area contributed by atoms with Gasteiger partial charge in [-0.1, -0.05) is 64.7 Å². The maximum Gasteiger partial charge on any atom is 0.416 e. The number of nitrogens with one attached hydrogen (secondary N) is 2. The number of ether oxygens (including phenoxy) is 1. The van der Waals surface area contributed by atoms with Gasteiger partial charge in [-0.2, -0.15) is 0 Å². The van der Waals surface area contributed by atoms with Crippen LogP contribution < -0.4 is 10.6 Å². The van der Waals surface area contributed by atoms with Crippen LogP contribution in [0, 0.1) is 0 Å². The topological polar surface area (TPSA) is 114 Å². The molecule has 0 aromatic carbocycles. The number of thiocarbonyl (C=S) groups is 1. The number of hydrogen-bond acceptors (Lipinski definition) is 6. The molecule has 0 aromatic heterocycles. The summed E-state index contributed by atoms with van der Waals surface area (Å²) < 4.78 is 4.92. The Balaban J connectivity index is 1.64. The van der Waals surface area contributed by atoms with E-state index in [4.69, 9.17) is 17.0 Å². The van der Waals surface area contributed by atoms with Crippen LogP contribution >= 0.6 is 12.2 Å². The minimum Gasteiger partial charge on any atom is -0.506 e. The van der Waals surface area contributed by atoms with Gasteiger partial charge < -0.3 is 30.7 Å². The molecule has 0 bridgehead atoms. The number of unbranched alkanes of at least 4 members (excludes halogenated alkanes) is 9. The third-order valence-electron chi connectivity index (χ3n) is 5.44. The molecule has 1 amide bonds. The van der Waals surface area contributed by atoms with E-state index < -0.39 is 30.1 Å². The highest BCUT2D eigenvalue weighted by molar-refractivity contribution is 7.80. The molecule has 9 heteroatoms. The van der Waals surface area contributed by atoms with Crippen molar-refractivity contribution in [3.63, 3.8) is 0 Å². The number of aliphatic hydroxyl groups excluding tert-OH is 3. The van der Waals surface area contributed by atoms with E-state index in [9.17, 15) is 20.1 Å². The molecule has 1 fully saturated rings. The molecule has 0 aliphatic carbocycles. The molecule has 166 valence electrons. The summed E-state index contributed by atoms with van der Waals surface area (Å²) in [4.78, 5) is 13.0. The Labute approximate surface area is 178 Å². The summed E-state index contributed by atoms with van der Waals surface area (Å²) in [5.74, 6) is -0.577. The molecule has 5 N–H and O–H groups in total. The molecule has 2 unspecified atom stereocenters. The van der Waals surface area contributed by atoms with Gasteiger partial charge in [-0.3, -0.25) is 4.90 Å². The second kappa shape index (κ2) is 12.2. The Morgan fingerprint density at radius 2 is 1.69 bits per heavy atom. The summed E-state index contributed by atoms with van der Waals surface area (Å²) in [5, 5.41) is 36.2. The number of hydrogen-bond donors (Lipinski definition) is 5. The standard InChI is InChI=1S/C20H35N3O5S/c1-2-3-4-5-6-7-8-9-10-11-12-21-19(29)22-18-17(26)16(25)15(24)14-13-28-20(27)23(14)18/h14-16,24-26H,2-13H2,1H3,(H2,21,22,29)/t14?,15-,16?/m1/s1. The van der Waals surface area contributed by atoms with E-state index in [0.717, 1.165) is 17.7 Å². The maximum atomic E-state index is 11.9. The van der Waals surface area contributed by atoms with Crippen LogP contribution in [-0.2, 0) is 4.74 Å². The average molecular weight is 430 g/mol. The van der Waals surface area contributed by atoms with E-state index in [-0.39, 0.29) is 17.5 Å². The van der Waals surface area contributed by atoms with Crippen LogP contribution in [0.25, 0.3) is 0 Å². The van der Waals surface area contributed by atoms with E-state index in [1.54, 1.807) is 0 Å². The fourth-order valence-corrected chi connectivity index (χ4v) is 3.87. The van der Waals surface area contributed by atoms with E-state index in [2.05, 4.69) is 17.6 Å². The normalized spacial score (nSPS) is 23.8. The molecule has 29 heavy (non-hydrogen) atoms. The first kappa shape index (κ1) is 23.7. The van der Waals surface area contributed by atoms with Crippen molar-refractivity contribution in [1.29, 1.82) is 0 Å². The SMILES string of the molecule is CCCCCCCCCCCCNC(=S)NC1=C(O)C(O)[C@H](O)C2COC(=O)N12. The van der Waals surface area contributed by atoms with Crippen LogP contribution in [-0.4, -0.2) is 62.8 Å². The predicted octanol–water partition coefficient (Wildman–Crippen LogP) is 2.65. The van der Waals surface area contributed by atoms with Gasteiger partial charge in [0.1, 0.15) is 24.9 Å². The summed E-state index contributed by atoms with van der Waals surface area (Å²) in [6.07, 6.45) is 8.96. The minimum absolute atomic E-state index is 0.0455. The number of cyclic esters (lactones) is 1. The zero-order valence-electron chi connectivity index (χ0n) is 17.2. The van der Waals surface area contributed by atoms with Gasteiger partial charge in [0, 0.05) is 6.54 Å². The lowest BCUT2D eigenvalue weighted by Gasteiger charge is -2.36. The zero-order valence-corrected chi connectivity index (χ0v) is 18.0. The summed E-state index contributed by atoms with van der Waals surface area (Å²) in [5.41, 5.74) is 0. The van der Waals surface area contributed by atoms with Crippen molar-refractivity contribution in [2.24, 2.45) is 0 Å². The molecular weight excluding hydrogens is 394 g/mol. The second-order valence-electron chi connectivity index (χ2n) is 7.75. The predicted molar refractivity (Wildman–Crippen MR) is 114 cm³/mol. The molecular formula is C20H35N3O5S. The van der Waals surface area contributed by atoms with Crippen LogP contribution in [0.5, 0.6) is 0 Å². The fraction of sp³-hybridized carbons (Fsp3) is 0.800.